The van der Waals surface area contributed by atoms with Gasteiger partial charge < -0.3 is 23.8 Å². The van der Waals surface area contributed by atoms with Crippen molar-refractivity contribution in [3.8, 4) is 10.8 Å². The SMILES string of the molecule is CCCN(Cc1nnc(-c2cccs2)o1)C(=O)COC(=O)[C@@H](NC(=O)c1ccco1)C(C)C. The number of furan rings is 1. The summed E-state index contributed by atoms with van der Waals surface area (Å²) in [6.45, 7) is 5.52. The Morgan fingerprint density at radius 3 is 2.67 bits per heavy atom. The van der Waals surface area contributed by atoms with Gasteiger partial charge in [0, 0.05) is 6.54 Å². The molecule has 3 aromatic heterocycles. The second-order valence-electron chi connectivity index (χ2n) is 7.57. The third-order valence-corrected chi connectivity index (χ3v) is 5.52. The molecule has 0 spiro atoms. The van der Waals surface area contributed by atoms with Crippen LogP contribution in [0, 0.1) is 5.92 Å². The maximum absolute atomic E-state index is 12.7. The smallest absolute Gasteiger partial charge is 0.329 e. The van der Waals surface area contributed by atoms with Gasteiger partial charge in [0.2, 0.25) is 5.89 Å². The first-order chi connectivity index (χ1) is 15.9. The van der Waals surface area contributed by atoms with Crippen molar-refractivity contribution in [3.05, 3.63) is 47.6 Å². The zero-order valence-electron chi connectivity index (χ0n) is 18.6. The van der Waals surface area contributed by atoms with Crippen molar-refractivity contribution in [1.82, 2.24) is 20.4 Å². The lowest BCUT2D eigenvalue weighted by Crippen LogP contribution is -2.46. The number of esters is 1. The molecule has 0 saturated carbocycles. The average Bonchev–Trinajstić information content (AvgIpc) is 3.56. The van der Waals surface area contributed by atoms with Crippen LogP contribution >= 0.6 is 11.3 Å². The van der Waals surface area contributed by atoms with E-state index in [-0.39, 0.29) is 24.1 Å². The van der Waals surface area contributed by atoms with Crippen molar-refractivity contribution in [2.75, 3.05) is 13.2 Å². The van der Waals surface area contributed by atoms with E-state index >= 15 is 0 Å². The highest BCUT2D eigenvalue weighted by Gasteiger charge is 2.28. The number of hydrogen-bond donors (Lipinski definition) is 1. The van der Waals surface area contributed by atoms with Crippen molar-refractivity contribution < 1.29 is 28.0 Å². The number of carbonyl (C=O) groups is 3. The molecule has 2 amide bonds. The first kappa shape index (κ1) is 24.2. The van der Waals surface area contributed by atoms with Crippen LogP contribution in [0.5, 0.6) is 0 Å². The number of hydrogen-bond acceptors (Lipinski definition) is 9. The Kier molecular flexibility index (Phi) is 8.36. The molecule has 0 radical (unpaired) electrons. The van der Waals surface area contributed by atoms with E-state index in [1.54, 1.807) is 19.9 Å². The van der Waals surface area contributed by atoms with Crippen molar-refractivity contribution in [1.29, 1.82) is 0 Å². The lowest BCUT2D eigenvalue weighted by Gasteiger charge is -2.23. The van der Waals surface area contributed by atoms with Crippen LogP contribution in [-0.2, 0) is 20.9 Å². The second-order valence-corrected chi connectivity index (χ2v) is 8.52. The number of thiophene rings is 1. The normalized spacial score (nSPS) is 11.9. The van der Waals surface area contributed by atoms with Gasteiger partial charge in [-0.25, -0.2) is 4.79 Å². The summed E-state index contributed by atoms with van der Waals surface area (Å²) in [4.78, 5) is 39.9. The Bertz CT molecular complexity index is 1050. The largest absolute Gasteiger partial charge is 0.459 e. The van der Waals surface area contributed by atoms with Gasteiger partial charge >= 0.3 is 5.97 Å². The molecule has 0 unspecified atom stereocenters. The van der Waals surface area contributed by atoms with Crippen molar-refractivity contribution >= 4 is 29.1 Å². The van der Waals surface area contributed by atoms with Crippen LogP contribution in [0.15, 0.2) is 44.7 Å². The Hall–Kier alpha value is -3.47. The van der Waals surface area contributed by atoms with Crippen molar-refractivity contribution in [2.24, 2.45) is 5.92 Å². The molecule has 1 N–H and O–H groups in total. The first-order valence-corrected chi connectivity index (χ1v) is 11.4. The molecule has 0 fully saturated rings. The molecule has 33 heavy (non-hydrogen) atoms. The van der Waals surface area contributed by atoms with Gasteiger partial charge in [-0.15, -0.1) is 21.5 Å². The van der Waals surface area contributed by atoms with Gasteiger partial charge in [0.25, 0.3) is 17.7 Å². The van der Waals surface area contributed by atoms with Crippen LogP contribution in [-0.4, -0.2) is 52.1 Å². The Morgan fingerprint density at radius 2 is 2.03 bits per heavy atom. The lowest BCUT2D eigenvalue weighted by atomic mass is 10.0. The van der Waals surface area contributed by atoms with E-state index in [0.29, 0.717) is 18.9 Å². The van der Waals surface area contributed by atoms with Crippen LogP contribution in [0.2, 0.25) is 0 Å². The van der Waals surface area contributed by atoms with Crippen molar-refractivity contribution in [3.63, 3.8) is 0 Å². The summed E-state index contributed by atoms with van der Waals surface area (Å²) in [6, 6.07) is 5.88. The molecule has 3 heterocycles. The third-order valence-electron chi connectivity index (χ3n) is 4.66. The quantitative estimate of drug-likeness (QED) is 0.420. The standard InChI is InChI=1S/C22H26N4O6S/c1-4-9-26(12-17-24-25-21(32-17)16-8-6-11-33-16)18(27)13-31-22(29)19(14(2)3)23-20(28)15-7-5-10-30-15/h5-8,10-11,14,19H,4,9,12-13H2,1-3H3,(H,23,28)/t19-/m0/s1. The van der Waals surface area contributed by atoms with E-state index in [9.17, 15) is 14.4 Å². The molecule has 0 aliphatic heterocycles. The number of rotatable bonds is 11. The van der Waals surface area contributed by atoms with E-state index < -0.39 is 30.4 Å². The van der Waals surface area contributed by atoms with Gasteiger partial charge in [0.1, 0.15) is 6.04 Å². The fourth-order valence-electron chi connectivity index (χ4n) is 2.97. The Labute approximate surface area is 194 Å². The fourth-order valence-corrected chi connectivity index (χ4v) is 3.62. The summed E-state index contributed by atoms with van der Waals surface area (Å²) >= 11 is 1.47. The number of carbonyl (C=O) groups excluding carboxylic acids is 3. The van der Waals surface area contributed by atoms with Gasteiger partial charge in [-0.1, -0.05) is 26.8 Å². The maximum atomic E-state index is 12.7. The minimum Gasteiger partial charge on any atom is -0.459 e. The predicted molar refractivity (Wildman–Crippen MR) is 119 cm³/mol. The zero-order chi connectivity index (χ0) is 23.8. The molecular formula is C22H26N4O6S. The Balaban J connectivity index is 1.57. The second kappa shape index (κ2) is 11.4. The summed E-state index contributed by atoms with van der Waals surface area (Å²) in [5.74, 6) is -1.13. The summed E-state index contributed by atoms with van der Waals surface area (Å²) in [5.41, 5.74) is 0. The van der Waals surface area contributed by atoms with Crippen LogP contribution < -0.4 is 5.32 Å². The molecule has 176 valence electrons. The molecule has 0 aromatic carbocycles. The molecule has 1 atom stereocenters. The molecule has 3 aromatic rings. The van der Waals surface area contributed by atoms with Gasteiger partial charge in [-0.3, -0.25) is 9.59 Å². The molecule has 10 nitrogen and oxygen atoms in total. The number of ether oxygens (including phenoxy) is 1. The van der Waals surface area contributed by atoms with Gasteiger partial charge in [-0.2, -0.15) is 0 Å². The van der Waals surface area contributed by atoms with Gasteiger partial charge in [-0.05, 0) is 35.9 Å². The van der Waals surface area contributed by atoms with Crippen LogP contribution in [0.1, 0.15) is 43.6 Å². The minimum atomic E-state index is -0.931. The molecule has 0 saturated heterocycles. The monoisotopic (exact) mass is 474 g/mol. The van der Waals surface area contributed by atoms with E-state index in [2.05, 4.69) is 15.5 Å². The first-order valence-electron chi connectivity index (χ1n) is 10.5. The molecule has 3 rings (SSSR count). The van der Waals surface area contributed by atoms with E-state index in [1.165, 1.54) is 28.6 Å². The molecule has 0 aliphatic carbocycles. The average molecular weight is 475 g/mol. The number of amides is 2. The predicted octanol–water partition coefficient (Wildman–Crippen LogP) is 3.13. The van der Waals surface area contributed by atoms with E-state index in [1.807, 2.05) is 24.4 Å². The number of nitrogens with one attached hydrogen (secondary N) is 1. The topological polar surface area (TPSA) is 128 Å². The summed E-state index contributed by atoms with van der Waals surface area (Å²) in [5, 5.41) is 12.5. The summed E-state index contributed by atoms with van der Waals surface area (Å²) in [7, 11) is 0. The van der Waals surface area contributed by atoms with E-state index in [0.717, 1.165) is 4.88 Å². The van der Waals surface area contributed by atoms with Crippen molar-refractivity contribution in [2.45, 2.75) is 39.8 Å². The van der Waals surface area contributed by atoms with Gasteiger partial charge in [0.05, 0.1) is 17.7 Å². The highest BCUT2D eigenvalue weighted by molar-refractivity contribution is 7.13. The minimum absolute atomic E-state index is 0.0834. The zero-order valence-corrected chi connectivity index (χ0v) is 19.5. The summed E-state index contributed by atoms with van der Waals surface area (Å²) in [6.07, 6.45) is 2.06. The highest BCUT2D eigenvalue weighted by Crippen LogP contribution is 2.23. The maximum Gasteiger partial charge on any atom is 0.329 e. The molecule has 11 heteroatoms. The highest BCUT2D eigenvalue weighted by atomic mass is 32.1. The molecule has 0 bridgehead atoms. The number of nitrogens with zero attached hydrogens (tertiary/aromatic N) is 3. The van der Waals surface area contributed by atoms with E-state index in [4.69, 9.17) is 13.6 Å². The van der Waals surface area contributed by atoms with Crippen LogP contribution in [0.4, 0.5) is 0 Å². The Morgan fingerprint density at radius 1 is 1.21 bits per heavy atom. The summed E-state index contributed by atoms with van der Waals surface area (Å²) < 4.78 is 15.9. The molecule has 0 aliphatic rings. The molecular weight excluding hydrogens is 448 g/mol. The number of aromatic nitrogens is 2. The van der Waals surface area contributed by atoms with Gasteiger partial charge in [0.15, 0.2) is 12.4 Å². The lowest BCUT2D eigenvalue weighted by molar-refractivity contribution is -0.154. The fraction of sp³-hybridized carbons (Fsp3) is 0.409. The van der Waals surface area contributed by atoms with Crippen LogP contribution in [0.3, 0.4) is 0 Å². The van der Waals surface area contributed by atoms with Crippen LogP contribution in [0.25, 0.3) is 10.8 Å². The third kappa shape index (κ3) is 6.51.